The van der Waals surface area contributed by atoms with Gasteiger partial charge in [0.2, 0.25) is 0 Å². The van der Waals surface area contributed by atoms with Gasteiger partial charge in [0.15, 0.2) is 5.78 Å². The molecule has 1 aliphatic rings. The summed E-state index contributed by atoms with van der Waals surface area (Å²) in [5, 5.41) is 0. The summed E-state index contributed by atoms with van der Waals surface area (Å²) < 4.78 is 0. The molecule has 0 bridgehead atoms. The van der Waals surface area contributed by atoms with E-state index in [0.717, 1.165) is 36.0 Å². The van der Waals surface area contributed by atoms with Gasteiger partial charge < -0.3 is 0 Å². The maximum atomic E-state index is 12.4. The van der Waals surface area contributed by atoms with Gasteiger partial charge in [0.1, 0.15) is 0 Å². The molecule has 0 amide bonds. The molecule has 0 spiro atoms. The van der Waals surface area contributed by atoms with Gasteiger partial charge in [-0.25, -0.2) is 0 Å². The Balaban J connectivity index is 2.10. The van der Waals surface area contributed by atoms with Gasteiger partial charge in [0.05, 0.1) is 0 Å². The van der Waals surface area contributed by atoms with Gasteiger partial charge in [-0.15, -0.1) is 0 Å². The molecule has 0 unspecified atom stereocenters. The molecule has 1 nitrogen and oxygen atoms in total. The first kappa shape index (κ1) is 14.5. The van der Waals surface area contributed by atoms with Gasteiger partial charge >= 0.3 is 0 Å². The van der Waals surface area contributed by atoms with Crippen molar-refractivity contribution in [2.24, 2.45) is 0 Å². The van der Waals surface area contributed by atoms with E-state index in [2.05, 4.69) is 31.2 Å². The van der Waals surface area contributed by atoms with Crippen LogP contribution in [0.1, 0.15) is 47.7 Å². The van der Waals surface area contributed by atoms with Crippen molar-refractivity contribution in [3.63, 3.8) is 0 Å². The molecule has 22 heavy (non-hydrogen) atoms. The standard InChI is InChI=1S/C21H20O/c1-2-3-11-17-15-21(22)19-13-8-7-12-18(19)20(17)14-16-9-5-4-6-10-16/h4-10,12-15H,2-3,11H2,1H3/b20-14+. The summed E-state index contributed by atoms with van der Waals surface area (Å²) in [6, 6.07) is 18.2. The average molecular weight is 288 g/mol. The molecule has 0 heterocycles. The number of unbranched alkanes of at least 4 members (excludes halogenated alkanes) is 1. The van der Waals surface area contributed by atoms with Crippen molar-refractivity contribution in [3.05, 3.63) is 82.9 Å². The molecule has 0 radical (unpaired) electrons. The molecule has 1 heteroatoms. The highest BCUT2D eigenvalue weighted by atomic mass is 16.1. The van der Waals surface area contributed by atoms with Crippen LogP contribution in [0.5, 0.6) is 0 Å². The van der Waals surface area contributed by atoms with E-state index in [1.54, 1.807) is 0 Å². The van der Waals surface area contributed by atoms with E-state index in [4.69, 9.17) is 0 Å². The Morgan fingerprint density at radius 1 is 0.909 bits per heavy atom. The summed E-state index contributed by atoms with van der Waals surface area (Å²) in [6.07, 6.45) is 7.22. The highest BCUT2D eigenvalue weighted by molar-refractivity contribution is 6.15. The minimum absolute atomic E-state index is 0.131. The average Bonchev–Trinajstić information content (AvgIpc) is 2.57. The second kappa shape index (κ2) is 6.57. The van der Waals surface area contributed by atoms with Crippen LogP contribution in [0.4, 0.5) is 0 Å². The molecule has 0 aliphatic heterocycles. The van der Waals surface area contributed by atoms with Crippen LogP contribution < -0.4 is 0 Å². The lowest BCUT2D eigenvalue weighted by Crippen LogP contribution is -2.09. The van der Waals surface area contributed by atoms with E-state index in [9.17, 15) is 4.79 Å². The van der Waals surface area contributed by atoms with Crippen LogP contribution in [0.2, 0.25) is 0 Å². The number of fused-ring (bicyclic) bond motifs is 1. The third-order valence-corrected chi connectivity index (χ3v) is 4.04. The van der Waals surface area contributed by atoms with Crippen LogP contribution in [-0.4, -0.2) is 5.78 Å². The lowest BCUT2D eigenvalue weighted by molar-refractivity contribution is 0.104. The SMILES string of the molecule is CCCCC1=CC(=O)c2ccccc2/C1=C/c1ccccc1. The van der Waals surface area contributed by atoms with Crippen LogP contribution in [0, 0.1) is 0 Å². The van der Waals surface area contributed by atoms with Gasteiger partial charge in [-0.2, -0.15) is 0 Å². The van der Waals surface area contributed by atoms with Crippen molar-refractivity contribution in [2.75, 3.05) is 0 Å². The van der Waals surface area contributed by atoms with Crippen molar-refractivity contribution in [3.8, 4) is 0 Å². The van der Waals surface area contributed by atoms with Gasteiger partial charge in [-0.3, -0.25) is 4.79 Å². The second-order valence-electron chi connectivity index (χ2n) is 5.65. The van der Waals surface area contributed by atoms with Crippen LogP contribution in [0.3, 0.4) is 0 Å². The molecule has 110 valence electrons. The first-order chi connectivity index (χ1) is 10.8. The number of hydrogen-bond donors (Lipinski definition) is 0. The minimum Gasteiger partial charge on any atom is -0.289 e. The molecule has 0 atom stereocenters. The number of rotatable bonds is 4. The molecule has 2 aromatic carbocycles. The van der Waals surface area contributed by atoms with E-state index >= 15 is 0 Å². The molecule has 0 N–H and O–H groups in total. The largest absolute Gasteiger partial charge is 0.289 e. The third kappa shape index (κ3) is 2.94. The van der Waals surface area contributed by atoms with Crippen molar-refractivity contribution in [1.82, 2.24) is 0 Å². The minimum atomic E-state index is 0.131. The molecule has 3 rings (SSSR count). The zero-order valence-corrected chi connectivity index (χ0v) is 12.9. The van der Waals surface area contributed by atoms with Crippen molar-refractivity contribution >= 4 is 17.4 Å². The van der Waals surface area contributed by atoms with Crippen molar-refractivity contribution in [1.29, 1.82) is 0 Å². The van der Waals surface area contributed by atoms with Crippen LogP contribution in [0.25, 0.3) is 11.6 Å². The maximum absolute atomic E-state index is 12.4. The van der Waals surface area contributed by atoms with Gasteiger partial charge in [-0.05, 0) is 47.3 Å². The summed E-state index contributed by atoms with van der Waals surface area (Å²) >= 11 is 0. The monoisotopic (exact) mass is 288 g/mol. The molecule has 0 saturated carbocycles. The van der Waals surface area contributed by atoms with Gasteiger partial charge in [0, 0.05) is 5.56 Å². The zero-order chi connectivity index (χ0) is 15.4. The van der Waals surface area contributed by atoms with E-state index in [0.29, 0.717) is 0 Å². The van der Waals surface area contributed by atoms with Crippen LogP contribution in [-0.2, 0) is 0 Å². The fourth-order valence-electron chi connectivity index (χ4n) is 2.88. The Labute approximate surface area is 132 Å². The summed E-state index contributed by atoms with van der Waals surface area (Å²) in [5.41, 5.74) is 5.39. The van der Waals surface area contributed by atoms with Crippen LogP contribution >= 0.6 is 0 Å². The number of ketones is 1. The predicted octanol–water partition coefficient (Wildman–Crippen LogP) is 5.54. The van der Waals surface area contributed by atoms with Crippen molar-refractivity contribution < 1.29 is 4.79 Å². The van der Waals surface area contributed by atoms with E-state index in [-0.39, 0.29) is 5.78 Å². The first-order valence-electron chi connectivity index (χ1n) is 7.91. The Kier molecular flexibility index (Phi) is 4.34. The fraction of sp³-hybridized carbons (Fsp3) is 0.190. The van der Waals surface area contributed by atoms with E-state index < -0.39 is 0 Å². The Hall–Kier alpha value is -2.41. The lowest BCUT2D eigenvalue weighted by atomic mass is 9.83. The third-order valence-electron chi connectivity index (χ3n) is 4.04. The van der Waals surface area contributed by atoms with E-state index in [1.807, 2.05) is 42.5 Å². The Bertz CT molecular complexity index is 736. The smallest absolute Gasteiger partial charge is 0.186 e. The summed E-state index contributed by atoms with van der Waals surface area (Å²) in [7, 11) is 0. The molecule has 1 aliphatic carbocycles. The quantitative estimate of drug-likeness (QED) is 0.722. The second-order valence-corrected chi connectivity index (χ2v) is 5.65. The number of allylic oxidation sites excluding steroid dienone is 3. The molecule has 2 aromatic rings. The van der Waals surface area contributed by atoms with E-state index in [1.165, 1.54) is 11.1 Å². The number of carbonyl (C=O) groups excluding carboxylic acids is 1. The molecule has 0 fully saturated rings. The van der Waals surface area contributed by atoms with Gasteiger partial charge in [-0.1, -0.05) is 67.9 Å². The highest BCUT2D eigenvalue weighted by Crippen LogP contribution is 2.35. The molecule has 0 aromatic heterocycles. The predicted molar refractivity (Wildman–Crippen MR) is 92.7 cm³/mol. The highest BCUT2D eigenvalue weighted by Gasteiger charge is 2.21. The fourth-order valence-corrected chi connectivity index (χ4v) is 2.88. The molecule has 0 saturated heterocycles. The van der Waals surface area contributed by atoms with Crippen molar-refractivity contribution in [2.45, 2.75) is 26.2 Å². The number of benzene rings is 2. The first-order valence-corrected chi connectivity index (χ1v) is 7.91. The summed E-state index contributed by atoms with van der Waals surface area (Å²) in [6.45, 7) is 2.18. The van der Waals surface area contributed by atoms with Crippen LogP contribution in [0.15, 0.2) is 66.2 Å². The topological polar surface area (TPSA) is 17.1 Å². The number of hydrogen-bond acceptors (Lipinski definition) is 1. The lowest BCUT2D eigenvalue weighted by Gasteiger charge is -2.20. The molecular formula is C21H20O. The Morgan fingerprint density at radius 3 is 2.32 bits per heavy atom. The summed E-state index contributed by atoms with van der Waals surface area (Å²) in [5.74, 6) is 0.131. The number of carbonyl (C=O) groups is 1. The Morgan fingerprint density at radius 2 is 1.59 bits per heavy atom. The maximum Gasteiger partial charge on any atom is 0.186 e. The summed E-state index contributed by atoms with van der Waals surface area (Å²) in [4.78, 5) is 12.4. The van der Waals surface area contributed by atoms with Gasteiger partial charge in [0.25, 0.3) is 0 Å². The zero-order valence-electron chi connectivity index (χ0n) is 12.9. The molecular weight excluding hydrogens is 268 g/mol. The normalized spacial score (nSPS) is 15.6.